The van der Waals surface area contributed by atoms with Gasteiger partial charge in [0.1, 0.15) is 0 Å². The molecule has 1 aliphatic heterocycles. The molecule has 1 amide bonds. The highest BCUT2D eigenvalue weighted by molar-refractivity contribution is 5.85. The molecule has 6 nitrogen and oxygen atoms in total. The highest BCUT2D eigenvalue weighted by atomic mass is 35.5. The van der Waals surface area contributed by atoms with Gasteiger partial charge in [-0.25, -0.2) is 0 Å². The SMILES string of the molecule is C=CCN(C(=O)Cc1cccc([N+](=O)[O-])c1)C1CCNCC1.Cl. The quantitative estimate of drug-likeness (QED) is 0.490. The van der Waals surface area contributed by atoms with Crippen LogP contribution in [0.3, 0.4) is 0 Å². The molecular weight excluding hydrogens is 318 g/mol. The highest BCUT2D eigenvalue weighted by Crippen LogP contribution is 2.17. The summed E-state index contributed by atoms with van der Waals surface area (Å²) in [4.78, 5) is 24.8. The standard InChI is InChI=1S/C16H21N3O3.ClH/c1-2-10-18(14-6-8-17-9-7-14)16(20)12-13-4-3-5-15(11-13)19(21)22;/h2-5,11,14,17H,1,6-10,12H2;1H. The van der Waals surface area contributed by atoms with Gasteiger partial charge in [0.25, 0.3) is 5.69 Å². The predicted molar refractivity (Wildman–Crippen MR) is 91.9 cm³/mol. The molecule has 1 aromatic rings. The zero-order chi connectivity index (χ0) is 15.9. The lowest BCUT2D eigenvalue weighted by molar-refractivity contribution is -0.384. The lowest BCUT2D eigenvalue weighted by atomic mass is 10.0. The first-order valence-electron chi connectivity index (χ1n) is 7.46. The zero-order valence-corrected chi connectivity index (χ0v) is 13.8. The van der Waals surface area contributed by atoms with Crippen molar-refractivity contribution in [2.75, 3.05) is 19.6 Å². The molecule has 0 saturated carbocycles. The van der Waals surface area contributed by atoms with E-state index < -0.39 is 4.92 Å². The van der Waals surface area contributed by atoms with E-state index in [9.17, 15) is 14.9 Å². The smallest absolute Gasteiger partial charge is 0.269 e. The fraction of sp³-hybridized carbons (Fsp3) is 0.438. The molecule has 0 aromatic heterocycles. The Labute approximate surface area is 142 Å². The molecule has 0 radical (unpaired) electrons. The summed E-state index contributed by atoms with van der Waals surface area (Å²) >= 11 is 0. The third-order valence-electron chi connectivity index (χ3n) is 3.87. The second-order valence-corrected chi connectivity index (χ2v) is 5.42. The fourth-order valence-corrected chi connectivity index (χ4v) is 2.77. The maximum Gasteiger partial charge on any atom is 0.269 e. The number of hydrogen-bond acceptors (Lipinski definition) is 4. The average Bonchev–Trinajstić information content (AvgIpc) is 2.53. The number of carbonyl (C=O) groups excluding carboxylic acids is 1. The Bertz CT molecular complexity index is 559. The molecule has 0 spiro atoms. The third kappa shape index (κ3) is 5.33. The number of benzene rings is 1. The Hall–Kier alpha value is -1.92. The highest BCUT2D eigenvalue weighted by Gasteiger charge is 2.24. The van der Waals surface area contributed by atoms with Crippen molar-refractivity contribution in [3.05, 3.63) is 52.6 Å². The van der Waals surface area contributed by atoms with Gasteiger partial charge in [0.2, 0.25) is 5.91 Å². The van der Waals surface area contributed by atoms with Crippen LogP contribution >= 0.6 is 12.4 Å². The Morgan fingerprint density at radius 1 is 1.43 bits per heavy atom. The number of nitro benzene ring substituents is 1. The molecule has 1 aliphatic rings. The summed E-state index contributed by atoms with van der Waals surface area (Å²) in [7, 11) is 0. The average molecular weight is 340 g/mol. The molecule has 0 atom stereocenters. The molecule has 1 fully saturated rings. The molecule has 7 heteroatoms. The Morgan fingerprint density at radius 2 is 2.13 bits per heavy atom. The maximum atomic E-state index is 12.6. The van der Waals surface area contributed by atoms with Gasteiger partial charge in [-0.1, -0.05) is 18.2 Å². The summed E-state index contributed by atoms with van der Waals surface area (Å²) in [5.74, 6) is -0.00713. The molecule has 0 unspecified atom stereocenters. The summed E-state index contributed by atoms with van der Waals surface area (Å²) in [5.41, 5.74) is 0.685. The zero-order valence-electron chi connectivity index (χ0n) is 12.9. The molecule has 1 N–H and O–H groups in total. The van der Waals surface area contributed by atoms with Crippen molar-refractivity contribution in [1.29, 1.82) is 0 Å². The molecule has 0 bridgehead atoms. The van der Waals surface area contributed by atoms with Crippen molar-refractivity contribution >= 4 is 24.0 Å². The Kier molecular flexibility index (Phi) is 7.71. The number of nitrogens with one attached hydrogen (secondary N) is 1. The number of nitro groups is 1. The van der Waals surface area contributed by atoms with Crippen LogP contribution in [0.2, 0.25) is 0 Å². The van der Waals surface area contributed by atoms with E-state index in [2.05, 4.69) is 11.9 Å². The first kappa shape index (κ1) is 19.1. The topological polar surface area (TPSA) is 75.5 Å². The number of hydrogen-bond donors (Lipinski definition) is 1. The van der Waals surface area contributed by atoms with Gasteiger partial charge in [0, 0.05) is 24.7 Å². The van der Waals surface area contributed by atoms with Crippen LogP contribution in [0.4, 0.5) is 5.69 Å². The second kappa shape index (κ2) is 9.27. The third-order valence-corrected chi connectivity index (χ3v) is 3.87. The van der Waals surface area contributed by atoms with Crippen molar-refractivity contribution in [3.8, 4) is 0 Å². The van der Waals surface area contributed by atoms with Gasteiger partial charge < -0.3 is 10.2 Å². The lowest BCUT2D eigenvalue weighted by Crippen LogP contribution is -2.46. The summed E-state index contributed by atoms with van der Waals surface area (Å²) in [6, 6.07) is 6.47. The monoisotopic (exact) mass is 339 g/mol. The fourth-order valence-electron chi connectivity index (χ4n) is 2.77. The van der Waals surface area contributed by atoms with E-state index in [0.29, 0.717) is 12.1 Å². The van der Waals surface area contributed by atoms with Crippen LogP contribution in [0.5, 0.6) is 0 Å². The van der Waals surface area contributed by atoms with Gasteiger partial charge in [0.15, 0.2) is 0 Å². The molecule has 1 saturated heterocycles. The lowest BCUT2D eigenvalue weighted by Gasteiger charge is -2.34. The molecule has 1 heterocycles. The summed E-state index contributed by atoms with van der Waals surface area (Å²) in [6.45, 7) is 6.05. The molecule has 2 rings (SSSR count). The first-order chi connectivity index (χ1) is 10.6. The van der Waals surface area contributed by atoms with Gasteiger partial charge in [-0.05, 0) is 31.5 Å². The van der Waals surface area contributed by atoms with Crippen LogP contribution in [0.1, 0.15) is 18.4 Å². The normalized spacial score (nSPS) is 14.6. The maximum absolute atomic E-state index is 12.6. The van der Waals surface area contributed by atoms with E-state index in [1.807, 2.05) is 4.90 Å². The summed E-state index contributed by atoms with van der Waals surface area (Å²) < 4.78 is 0. The number of amides is 1. The van der Waals surface area contributed by atoms with E-state index in [4.69, 9.17) is 0 Å². The van der Waals surface area contributed by atoms with Crippen molar-refractivity contribution < 1.29 is 9.72 Å². The van der Waals surface area contributed by atoms with Crippen LogP contribution in [-0.2, 0) is 11.2 Å². The van der Waals surface area contributed by atoms with Crippen LogP contribution < -0.4 is 5.32 Å². The van der Waals surface area contributed by atoms with Crippen molar-refractivity contribution in [2.45, 2.75) is 25.3 Å². The Morgan fingerprint density at radius 3 is 2.74 bits per heavy atom. The Balaban J connectivity index is 0.00000264. The largest absolute Gasteiger partial charge is 0.336 e. The van der Waals surface area contributed by atoms with E-state index in [0.717, 1.165) is 25.9 Å². The van der Waals surface area contributed by atoms with Crippen molar-refractivity contribution in [3.63, 3.8) is 0 Å². The summed E-state index contributed by atoms with van der Waals surface area (Å²) in [6.07, 6.45) is 3.76. The number of piperidine rings is 1. The second-order valence-electron chi connectivity index (χ2n) is 5.42. The molecule has 0 aliphatic carbocycles. The molecular formula is C16H22ClN3O3. The van der Waals surface area contributed by atoms with Gasteiger partial charge in [0.05, 0.1) is 11.3 Å². The van der Waals surface area contributed by atoms with E-state index in [-0.39, 0.29) is 36.5 Å². The number of rotatable bonds is 6. The van der Waals surface area contributed by atoms with Crippen LogP contribution in [0.25, 0.3) is 0 Å². The van der Waals surface area contributed by atoms with Crippen LogP contribution in [-0.4, -0.2) is 41.4 Å². The van der Waals surface area contributed by atoms with Crippen LogP contribution in [0.15, 0.2) is 36.9 Å². The minimum absolute atomic E-state index is 0. The first-order valence-corrected chi connectivity index (χ1v) is 7.46. The minimum atomic E-state index is -0.442. The molecule has 1 aromatic carbocycles. The van der Waals surface area contributed by atoms with Gasteiger partial charge in [-0.15, -0.1) is 19.0 Å². The van der Waals surface area contributed by atoms with E-state index >= 15 is 0 Å². The number of halogens is 1. The minimum Gasteiger partial charge on any atom is -0.336 e. The van der Waals surface area contributed by atoms with Gasteiger partial charge in [-0.3, -0.25) is 14.9 Å². The van der Waals surface area contributed by atoms with E-state index in [1.165, 1.54) is 12.1 Å². The van der Waals surface area contributed by atoms with E-state index in [1.54, 1.807) is 18.2 Å². The van der Waals surface area contributed by atoms with Gasteiger partial charge >= 0.3 is 0 Å². The number of nitrogens with zero attached hydrogens (tertiary/aromatic N) is 2. The number of carbonyl (C=O) groups is 1. The molecule has 23 heavy (non-hydrogen) atoms. The number of non-ortho nitro benzene ring substituents is 1. The summed E-state index contributed by atoms with van der Waals surface area (Å²) in [5, 5.41) is 14.1. The van der Waals surface area contributed by atoms with Crippen molar-refractivity contribution in [1.82, 2.24) is 10.2 Å². The molecule has 126 valence electrons. The van der Waals surface area contributed by atoms with Gasteiger partial charge in [-0.2, -0.15) is 0 Å². The van der Waals surface area contributed by atoms with Crippen molar-refractivity contribution in [2.24, 2.45) is 0 Å². The predicted octanol–water partition coefficient (Wildman–Crippen LogP) is 2.33. The van der Waals surface area contributed by atoms with Crippen LogP contribution in [0, 0.1) is 10.1 Å².